The molecule has 0 spiro atoms. The number of anilines is 1. The van der Waals surface area contributed by atoms with E-state index in [1.165, 1.54) is 25.2 Å². The van der Waals surface area contributed by atoms with Gasteiger partial charge in [0.25, 0.3) is 10.0 Å². The normalized spacial score (nSPS) is 12.5. The van der Waals surface area contributed by atoms with Crippen LogP contribution in [0.5, 0.6) is 0 Å². The number of pyridine rings is 1. The summed E-state index contributed by atoms with van der Waals surface area (Å²) < 4.78 is 70.3. The number of benzene rings is 1. The molecule has 1 aromatic carbocycles. The lowest BCUT2D eigenvalue weighted by molar-refractivity contribution is -0.141. The highest BCUT2D eigenvalue weighted by molar-refractivity contribution is 7.92. The molecule has 1 N–H and O–H groups in total. The predicted molar refractivity (Wildman–Crippen MR) is 81.5 cm³/mol. The Morgan fingerprint density at radius 2 is 1.92 bits per heavy atom. The molecule has 0 aliphatic carbocycles. The molecular formula is C14H10F3N3O4S. The van der Waals surface area contributed by atoms with Crippen molar-refractivity contribution in [1.82, 2.24) is 9.55 Å². The lowest BCUT2D eigenvalue weighted by Crippen LogP contribution is -2.14. The van der Waals surface area contributed by atoms with E-state index in [1.807, 2.05) is 0 Å². The van der Waals surface area contributed by atoms with E-state index in [-0.39, 0.29) is 21.7 Å². The molecule has 0 atom stereocenters. The average Bonchev–Trinajstić information content (AvgIpc) is 2.81. The molecule has 7 nitrogen and oxygen atoms in total. The fourth-order valence-corrected chi connectivity index (χ4v) is 3.17. The molecule has 0 saturated heterocycles. The van der Waals surface area contributed by atoms with Crippen LogP contribution in [-0.4, -0.2) is 18.0 Å². The van der Waals surface area contributed by atoms with Crippen LogP contribution in [0, 0.1) is 0 Å². The van der Waals surface area contributed by atoms with Crippen LogP contribution in [-0.2, 0) is 23.2 Å². The Bertz CT molecular complexity index is 1100. The first-order valence-electron chi connectivity index (χ1n) is 6.73. The van der Waals surface area contributed by atoms with Gasteiger partial charge in [-0.1, -0.05) is 0 Å². The number of rotatable bonds is 3. The Morgan fingerprint density at radius 1 is 1.20 bits per heavy atom. The Balaban J connectivity index is 1.94. The van der Waals surface area contributed by atoms with Crippen molar-refractivity contribution >= 4 is 26.8 Å². The predicted octanol–water partition coefficient (Wildman–Crippen LogP) is 2.35. The fraction of sp³-hybridized carbons (Fsp3) is 0.143. The molecule has 11 heteroatoms. The fourth-order valence-electron chi connectivity index (χ4n) is 2.11. The van der Waals surface area contributed by atoms with Gasteiger partial charge in [0.05, 0.1) is 22.3 Å². The van der Waals surface area contributed by atoms with E-state index in [2.05, 4.69) is 9.71 Å². The zero-order valence-electron chi connectivity index (χ0n) is 12.5. The quantitative estimate of drug-likeness (QED) is 0.761. The molecule has 0 radical (unpaired) electrons. The molecule has 3 aromatic rings. The standard InChI is InChI=1S/C14H10F3N3O4S/c1-20-10-6-9(3-4-11(10)24-13(20)21)25(22,23)19-8-2-5-12(18-7-8)14(15,16)17/h2-7,19H,1H3. The van der Waals surface area contributed by atoms with Crippen molar-refractivity contribution in [2.75, 3.05) is 4.72 Å². The number of hydrogen-bond acceptors (Lipinski definition) is 5. The highest BCUT2D eigenvalue weighted by Crippen LogP contribution is 2.28. The molecule has 2 heterocycles. The van der Waals surface area contributed by atoms with Gasteiger partial charge in [-0.15, -0.1) is 0 Å². The molecular weight excluding hydrogens is 363 g/mol. The van der Waals surface area contributed by atoms with Gasteiger partial charge in [-0.2, -0.15) is 13.2 Å². The number of aromatic nitrogens is 2. The number of fused-ring (bicyclic) bond motifs is 1. The third-order valence-corrected chi connectivity index (χ3v) is 4.76. The number of sulfonamides is 1. The van der Waals surface area contributed by atoms with Gasteiger partial charge in [-0.25, -0.2) is 18.2 Å². The first kappa shape index (κ1) is 17.0. The molecule has 0 amide bonds. The first-order chi connectivity index (χ1) is 11.6. The van der Waals surface area contributed by atoms with Gasteiger partial charge in [-0.3, -0.25) is 9.29 Å². The summed E-state index contributed by atoms with van der Waals surface area (Å²) in [5, 5.41) is 0. The molecule has 3 rings (SSSR count). The minimum absolute atomic E-state index is 0.130. The number of oxazole rings is 1. The number of hydrogen-bond donors (Lipinski definition) is 1. The monoisotopic (exact) mass is 373 g/mol. The molecule has 0 aliphatic heterocycles. The van der Waals surface area contributed by atoms with E-state index in [1.54, 1.807) is 0 Å². The lowest BCUT2D eigenvalue weighted by atomic mass is 10.3. The highest BCUT2D eigenvalue weighted by atomic mass is 32.2. The van der Waals surface area contributed by atoms with Crippen LogP contribution in [0.2, 0.25) is 0 Å². The van der Waals surface area contributed by atoms with Crippen molar-refractivity contribution < 1.29 is 26.0 Å². The van der Waals surface area contributed by atoms with Crippen LogP contribution in [0.4, 0.5) is 18.9 Å². The third-order valence-electron chi connectivity index (χ3n) is 3.38. The van der Waals surface area contributed by atoms with Crippen LogP contribution in [0.3, 0.4) is 0 Å². The van der Waals surface area contributed by atoms with Gasteiger partial charge in [0.1, 0.15) is 5.69 Å². The zero-order chi connectivity index (χ0) is 18.4. The highest BCUT2D eigenvalue weighted by Gasteiger charge is 2.32. The maximum absolute atomic E-state index is 12.5. The minimum Gasteiger partial charge on any atom is -0.408 e. The van der Waals surface area contributed by atoms with Gasteiger partial charge in [0.15, 0.2) is 5.58 Å². The smallest absolute Gasteiger partial charge is 0.408 e. The zero-order valence-corrected chi connectivity index (χ0v) is 13.4. The van der Waals surface area contributed by atoms with Gasteiger partial charge in [0.2, 0.25) is 0 Å². The Labute approximate surface area is 138 Å². The van der Waals surface area contributed by atoms with Gasteiger partial charge >= 0.3 is 11.9 Å². The second-order valence-electron chi connectivity index (χ2n) is 5.09. The van der Waals surface area contributed by atoms with Crippen molar-refractivity contribution in [1.29, 1.82) is 0 Å². The molecule has 0 unspecified atom stereocenters. The molecule has 25 heavy (non-hydrogen) atoms. The van der Waals surface area contributed by atoms with Crippen molar-refractivity contribution in [2.45, 2.75) is 11.1 Å². The lowest BCUT2D eigenvalue weighted by Gasteiger charge is -2.09. The summed E-state index contributed by atoms with van der Waals surface area (Å²) >= 11 is 0. The van der Waals surface area contributed by atoms with E-state index in [4.69, 9.17) is 4.42 Å². The number of halogens is 3. The summed E-state index contributed by atoms with van der Waals surface area (Å²) in [6, 6.07) is 5.38. The number of nitrogens with one attached hydrogen (secondary N) is 1. The topological polar surface area (TPSA) is 94.2 Å². The van der Waals surface area contributed by atoms with Crippen LogP contribution in [0.15, 0.2) is 50.6 Å². The van der Waals surface area contributed by atoms with Crippen LogP contribution in [0.1, 0.15) is 5.69 Å². The summed E-state index contributed by atoms with van der Waals surface area (Å²) in [4.78, 5) is 14.4. The van der Waals surface area contributed by atoms with Crippen molar-refractivity contribution in [3.63, 3.8) is 0 Å². The van der Waals surface area contributed by atoms with E-state index >= 15 is 0 Å². The van der Waals surface area contributed by atoms with E-state index < -0.39 is 27.6 Å². The summed E-state index contributed by atoms with van der Waals surface area (Å²) in [6.45, 7) is 0. The molecule has 0 bridgehead atoms. The van der Waals surface area contributed by atoms with Crippen molar-refractivity contribution in [2.24, 2.45) is 7.05 Å². The Morgan fingerprint density at radius 3 is 2.52 bits per heavy atom. The minimum atomic E-state index is -4.62. The first-order valence-corrected chi connectivity index (χ1v) is 8.22. The molecule has 2 aromatic heterocycles. The van der Waals surface area contributed by atoms with Crippen LogP contribution >= 0.6 is 0 Å². The summed E-state index contributed by atoms with van der Waals surface area (Å²) in [5.41, 5.74) is -0.791. The summed E-state index contributed by atoms with van der Waals surface area (Å²) in [7, 11) is -2.67. The maximum Gasteiger partial charge on any atom is 0.433 e. The molecule has 132 valence electrons. The van der Waals surface area contributed by atoms with E-state index in [0.717, 1.165) is 16.8 Å². The second-order valence-corrected chi connectivity index (χ2v) is 6.77. The SMILES string of the molecule is Cn1c(=O)oc2ccc(S(=O)(=O)Nc3ccc(C(F)(F)F)nc3)cc21. The summed E-state index contributed by atoms with van der Waals surface area (Å²) in [6.07, 6.45) is -3.85. The summed E-state index contributed by atoms with van der Waals surface area (Å²) in [5.74, 6) is -0.649. The van der Waals surface area contributed by atoms with E-state index in [9.17, 15) is 26.4 Å². The van der Waals surface area contributed by atoms with Gasteiger partial charge in [0, 0.05) is 7.05 Å². The van der Waals surface area contributed by atoms with E-state index in [0.29, 0.717) is 6.07 Å². The van der Waals surface area contributed by atoms with Gasteiger partial charge in [-0.05, 0) is 30.3 Å². The Hall–Kier alpha value is -2.82. The largest absolute Gasteiger partial charge is 0.433 e. The molecule has 0 fully saturated rings. The third kappa shape index (κ3) is 3.22. The average molecular weight is 373 g/mol. The molecule has 0 saturated carbocycles. The van der Waals surface area contributed by atoms with Crippen LogP contribution < -0.4 is 10.5 Å². The van der Waals surface area contributed by atoms with Gasteiger partial charge < -0.3 is 4.42 Å². The Kier molecular flexibility index (Phi) is 3.82. The van der Waals surface area contributed by atoms with Crippen molar-refractivity contribution in [3.05, 3.63) is 52.8 Å². The number of nitrogens with zero attached hydrogens (tertiary/aromatic N) is 2. The number of alkyl halides is 3. The molecule has 0 aliphatic rings. The maximum atomic E-state index is 12.5. The second kappa shape index (κ2) is 5.62. The van der Waals surface area contributed by atoms with Crippen LogP contribution in [0.25, 0.3) is 11.1 Å². The van der Waals surface area contributed by atoms with Crippen molar-refractivity contribution in [3.8, 4) is 0 Å². The number of aryl methyl sites for hydroxylation is 1.